The van der Waals surface area contributed by atoms with E-state index >= 15 is 0 Å². The van der Waals surface area contributed by atoms with Gasteiger partial charge < -0.3 is 4.74 Å². The van der Waals surface area contributed by atoms with Crippen molar-refractivity contribution >= 4 is 59.4 Å². The minimum Gasteiger partial charge on any atom is -0.494 e. The third-order valence-corrected chi connectivity index (χ3v) is 5.39. The van der Waals surface area contributed by atoms with Crippen LogP contribution in [0.25, 0.3) is 0 Å². The summed E-state index contributed by atoms with van der Waals surface area (Å²) in [5, 5.41) is 0.714. The van der Waals surface area contributed by atoms with Crippen molar-refractivity contribution in [2.75, 3.05) is 6.61 Å². The van der Waals surface area contributed by atoms with Crippen LogP contribution in [0.2, 0.25) is 5.02 Å². The van der Waals surface area contributed by atoms with Crippen molar-refractivity contribution in [3.05, 3.63) is 61.5 Å². The fraction of sp³-hybridized carbons (Fsp3) is 0.200. The number of hydrogen-bond acceptors (Lipinski definition) is 1. The molecule has 1 nitrogen and oxygen atoms in total. The van der Waals surface area contributed by atoms with E-state index in [1.165, 1.54) is 0 Å². The van der Waals surface area contributed by atoms with Gasteiger partial charge in [0.15, 0.2) is 0 Å². The second-order valence-corrected chi connectivity index (χ2v) is 7.21. The summed E-state index contributed by atoms with van der Waals surface area (Å²) in [6.45, 7) is 2.63. The number of hydrogen-bond donors (Lipinski definition) is 0. The zero-order valence-corrected chi connectivity index (χ0v) is 16.2. The molecule has 2 aromatic carbocycles. The summed E-state index contributed by atoms with van der Waals surface area (Å²) >= 11 is 16.9. The van der Waals surface area contributed by atoms with E-state index in [4.69, 9.17) is 16.3 Å². The van der Waals surface area contributed by atoms with Crippen LogP contribution in [0.4, 0.5) is 0 Å². The second-order valence-electron chi connectivity index (χ2n) is 4.14. The highest BCUT2D eigenvalue weighted by Crippen LogP contribution is 2.40. The summed E-state index contributed by atoms with van der Waals surface area (Å²) in [6.07, 6.45) is 0. The first-order chi connectivity index (χ1) is 9.52. The molecule has 0 saturated heterocycles. The van der Waals surface area contributed by atoms with Crippen LogP contribution in [0.15, 0.2) is 45.3 Å². The molecule has 1 atom stereocenters. The van der Waals surface area contributed by atoms with Crippen LogP contribution < -0.4 is 4.74 Å². The lowest BCUT2D eigenvalue weighted by atomic mass is 10.0. The quantitative estimate of drug-likeness (QED) is 0.438. The maximum Gasteiger partial charge on any atom is 0.120 e. The summed E-state index contributed by atoms with van der Waals surface area (Å²) in [6, 6.07) is 11.8. The topological polar surface area (TPSA) is 9.23 Å². The highest BCUT2D eigenvalue weighted by molar-refractivity contribution is 9.11. The summed E-state index contributed by atoms with van der Waals surface area (Å²) < 4.78 is 7.48. The van der Waals surface area contributed by atoms with Gasteiger partial charge in [-0.2, -0.15) is 0 Å². The molecule has 0 aliphatic heterocycles. The minimum absolute atomic E-state index is 0.0687. The molecular formula is C15H12Br3ClO. The average Bonchev–Trinajstić information content (AvgIpc) is 2.38. The molecule has 0 amide bonds. The Labute approximate surface area is 149 Å². The zero-order valence-electron chi connectivity index (χ0n) is 10.7. The maximum atomic E-state index is 5.98. The van der Waals surface area contributed by atoms with E-state index < -0.39 is 0 Å². The van der Waals surface area contributed by atoms with Gasteiger partial charge in [0.05, 0.1) is 11.4 Å². The van der Waals surface area contributed by atoms with Crippen molar-refractivity contribution in [3.63, 3.8) is 0 Å². The van der Waals surface area contributed by atoms with Gasteiger partial charge in [-0.05, 0) is 42.3 Å². The molecule has 5 heteroatoms. The van der Waals surface area contributed by atoms with Gasteiger partial charge in [0.2, 0.25) is 0 Å². The van der Waals surface area contributed by atoms with E-state index in [0.717, 1.165) is 25.8 Å². The van der Waals surface area contributed by atoms with Gasteiger partial charge in [0.25, 0.3) is 0 Å². The summed E-state index contributed by atoms with van der Waals surface area (Å²) in [4.78, 5) is 0.0687. The van der Waals surface area contributed by atoms with Crippen molar-refractivity contribution in [2.45, 2.75) is 11.8 Å². The predicted octanol–water partition coefficient (Wildman–Crippen LogP) is 6.75. The highest BCUT2D eigenvalue weighted by atomic mass is 79.9. The Bertz CT molecular complexity index is 616. The Balaban J connectivity index is 2.35. The first-order valence-corrected chi connectivity index (χ1v) is 8.92. The van der Waals surface area contributed by atoms with Gasteiger partial charge in [0.1, 0.15) is 5.75 Å². The molecule has 2 rings (SSSR count). The zero-order chi connectivity index (χ0) is 14.7. The first-order valence-electron chi connectivity index (χ1n) is 6.04. The van der Waals surface area contributed by atoms with Gasteiger partial charge in [-0.25, -0.2) is 0 Å². The van der Waals surface area contributed by atoms with Crippen molar-refractivity contribution in [3.8, 4) is 5.75 Å². The lowest BCUT2D eigenvalue weighted by Crippen LogP contribution is -1.97. The Morgan fingerprint density at radius 3 is 2.20 bits per heavy atom. The summed E-state index contributed by atoms with van der Waals surface area (Å²) in [5.74, 6) is 0.859. The van der Waals surface area contributed by atoms with Crippen molar-refractivity contribution in [1.29, 1.82) is 0 Å². The van der Waals surface area contributed by atoms with Crippen LogP contribution in [0.1, 0.15) is 22.9 Å². The Morgan fingerprint density at radius 1 is 1.05 bits per heavy atom. The Morgan fingerprint density at radius 2 is 1.65 bits per heavy atom. The van der Waals surface area contributed by atoms with E-state index in [-0.39, 0.29) is 4.83 Å². The molecular weight excluding hydrogens is 471 g/mol. The smallest absolute Gasteiger partial charge is 0.120 e. The van der Waals surface area contributed by atoms with Crippen LogP contribution in [-0.2, 0) is 0 Å². The van der Waals surface area contributed by atoms with Crippen LogP contribution in [0.3, 0.4) is 0 Å². The van der Waals surface area contributed by atoms with Gasteiger partial charge in [-0.3, -0.25) is 0 Å². The molecule has 0 aliphatic rings. The molecule has 0 saturated carbocycles. The van der Waals surface area contributed by atoms with E-state index in [2.05, 4.69) is 53.9 Å². The monoisotopic (exact) mass is 480 g/mol. The molecule has 20 heavy (non-hydrogen) atoms. The van der Waals surface area contributed by atoms with Crippen molar-refractivity contribution < 1.29 is 4.74 Å². The molecule has 1 unspecified atom stereocenters. The number of halogens is 4. The molecule has 2 aromatic rings. The fourth-order valence-electron chi connectivity index (χ4n) is 1.84. The standard InChI is InChI=1S/C15H12Br3ClO/c1-2-20-10-4-6-12(14(17)8-10)15(18)11-5-3-9(19)7-13(11)16/h3-8,15H,2H2,1H3. The lowest BCUT2D eigenvalue weighted by Gasteiger charge is -2.15. The number of alkyl halides is 1. The summed E-state index contributed by atoms with van der Waals surface area (Å²) in [7, 11) is 0. The van der Waals surface area contributed by atoms with Gasteiger partial charge in [-0.1, -0.05) is 71.5 Å². The maximum absolute atomic E-state index is 5.98. The molecule has 0 bridgehead atoms. The van der Waals surface area contributed by atoms with Crippen LogP contribution in [0, 0.1) is 0 Å². The fourth-order valence-corrected chi connectivity index (χ4v) is 4.76. The normalized spacial score (nSPS) is 12.2. The van der Waals surface area contributed by atoms with Crippen LogP contribution >= 0.6 is 59.4 Å². The molecule has 0 fully saturated rings. The van der Waals surface area contributed by atoms with Gasteiger partial charge in [-0.15, -0.1) is 0 Å². The largest absolute Gasteiger partial charge is 0.494 e. The van der Waals surface area contributed by atoms with Gasteiger partial charge >= 0.3 is 0 Å². The summed E-state index contributed by atoms with van der Waals surface area (Å²) in [5.41, 5.74) is 2.26. The molecule has 0 spiro atoms. The molecule has 0 radical (unpaired) electrons. The van der Waals surface area contributed by atoms with E-state index in [0.29, 0.717) is 11.6 Å². The second kappa shape index (κ2) is 7.30. The molecule has 106 valence electrons. The van der Waals surface area contributed by atoms with Crippen LogP contribution in [0.5, 0.6) is 5.75 Å². The molecule has 0 N–H and O–H groups in total. The van der Waals surface area contributed by atoms with E-state index in [1.807, 2.05) is 37.3 Å². The van der Waals surface area contributed by atoms with Crippen molar-refractivity contribution in [1.82, 2.24) is 0 Å². The molecule has 0 aromatic heterocycles. The van der Waals surface area contributed by atoms with E-state index in [9.17, 15) is 0 Å². The number of ether oxygens (including phenoxy) is 1. The third-order valence-electron chi connectivity index (χ3n) is 2.79. The number of benzene rings is 2. The Hall–Kier alpha value is -0.0300. The SMILES string of the molecule is CCOc1ccc(C(Br)c2ccc(Cl)cc2Br)c(Br)c1. The lowest BCUT2D eigenvalue weighted by molar-refractivity contribution is 0.340. The Kier molecular flexibility index (Phi) is 5.96. The van der Waals surface area contributed by atoms with Crippen molar-refractivity contribution in [2.24, 2.45) is 0 Å². The first kappa shape index (κ1) is 16.3. The average molecular weight is 483 g/mol. The van der Waals surface area contributed by atoms with E-state index in [1.54, 1.807) is 0 Å². The van der Waals surface area contributed by atoms with Gasteiger partial charge in [0, 0.05) is 14.0 Å². The van der Waals surface area contributed by atoms with Crippen LogP contribution in [-0.4, -0.2) is 6.61 Å². The predicted molar refractivity (Wildman–Crippen MR) is 95.2 cm³/mol. The minimum atomic E-state index is 0.0687. The third kappa shape index (κ3) is 3.79. The highest BCUT2D eigenvalue weighted by Gasteiger charge is 2.17. The molecule has 0 heterocycles. The number of rotatable bonds is 4. The molecule has 0 aliphatic carbocycles.